The molecule has 190 valence electrons. The highest BCUT2D eigenvalue weighted by atomic mass is 32.1. The van der Waals surface area contributed by atoms with Crippen LogP contribution < -0.4 is 24.4 Å². The van der Waals surface area contributed by atoms with Crippen LogP contribution in [0.25, 0.3) is 12.2 Å². The van der Waals surface area contributed by atoms with Crippen molar-refractivity contribution >= 4 is 35.4 Å². The van der Waals surface area contributed by atoms with E-state index in [0.717, 1.165) is 5.56 Å². The summed E-state index contributed by atoms with van der Waals surface area (Å²) >= 11 is 1.24. The molecule has 4 rings (SSSR count). The lowest BCUT2D eigenvalue weighted by Crippen LogP contribution is -2.39. The van der Waals surface area contributed by atoms with E-state index in [4.69, 9.17) is 14.2 Å². The maximum absolute atomic E-state index is 13.6. The molecule has 0 N–H and O–H groups in total. The standard InChI is InChI=1S/C28H26N2O6S/c1-5-35-27(33)24-17(2)29-28-30(25(24)20-14-15-21(36-18(3)31)22(16-20)34-4)26(32)23(37-28)13-9-12-19-10-7-6-8-11-19/h6-16,25H,5H2,1-4H3/b12-9+,23-13?. The highest BCUT2D eigenvalue weighted by Gasteiger charge is 2.34. The molecule has 0 radical (unpaired) electrons. The minimum absolute atomic E-state index is 0.172. The maximum Gasteiger partial charge on any atom is 0.338 e. The zero-order valence-electron chi connectivity index (χ0n) is 20.9. The van der Waals surface area contributed by atoms with E-state index in [1.807, 2.05) is 42.5 Å². The third-order valence-corrected chi connectivity index (χ3v) is 6.61. The fourth-order valence-corrected chi connectivity index (χ4v) is 5.02. The van der Waals surface area contributed by atoms with Crippen LogP contribution in [0.3, 0.4) is 0 Å². The number of benzene rings is 2. The lowest BCUT2D eigenvalue weighted by atomic mass is 9.95. The van der Waals surface area contributed by atoms with E-state index in [0.29, 0.717) is 26.3 Å². The average Bonchev–Trinajstić information content (AvgIpc) is 3.18. The van der Waals surface area contributed by atoms with Crippen molar-refractivity contribution in [2.45, 2.75) is 26.8 Å². The molecule has 2 heterocycles. The number of aromatic nitrogens is 1. The molecule has 1 aliphatic rings. The van der Waals surface area contributed by atoms with Crippen molar-refractivity contribution in [1.82, 2.24) is 4.57 Å². The lowest BCUT2D eigenvalue weighted by molar-refractivity contribution is -0.139. The van der Waals surface area contributed by atoms with Crippen LogP contribution in [0.5, 0.6) is 11.5 Å². The molecule has 2 aromatic carbocycles. The summed E-state index contributed by atoms with van der Waals surface area (Å²) in [6, 6.07) is 13.8. The number of rotatable bonds is 7. The van der Waals surface area contributed by atoms with Gasteiger partial charge in [-0.2, -0.15) is 0 Å². The minimum atomic E-state index is -0.809. The third kappa shape index (κ3) is 5.46. The molecule has 0 aliphatic carbocycles. The number of hydrogen-bond donors (Lipinski definition) is 0. The summed E-state index contributed by atoms with van der Waals surface area (Å²) in [5.74, 6) is -0.533. The SMILES string of the molecule is CCOC(=O)C1=C(C)N=c2sc(=C/C=C/c3ccccc3)c(=O)n2C1c1ccc(OC(C)=O)c(OC)c1. The number of hydrogen-bond acceptors (Lipinski definition) is 8. The second kappa shape index (κ2) is 11.2. The number of carbonyl (C=O) groups excluding carboxylic acids is 2. The summed E-state index contributed by atoms with van der Waals surface area (Å²) in [6.07, 6.45) is 5.46. The number of thiazole rings is 1. The minimum Gasteiger partial charge on any atom is -0.493 e. The molecule has 1 aromatic heterocycles. The fraction of sp³-hybridized carbons (Fsp3) is 0.214. The van der Waals surface area contributed by atoms with Gasteiger partial charge in [0.05, 0.1) is 35.6 Å². The van der Waals surface area contributed by atoms with Crippen molar-refractivity contribution in [3.63, 3.8) is 0 Å². The van der Waals surface area contributed by atoms with Gasteiger partial charge in [-0.25, -0.2) is 9.79 Å². The van der Waals surface area contributed by atoms with Gasteiger partial charge in [0.2, 0.25) is 0 Å². The highest BCUT2D eigenvalue weighted by molar-refractivity contribution is 7.07. The molecule has 1 unspecified atom stereocenters. The number of fused-ring (bicyclic) bond motifs is 1. The first-order valence-corrected chi connectivity index (χ1v) is 12.4. The second-order valence-electron chi connectivity index (χ2n) is 8.10. The monoisotopic (exact) mass is 518 g/mol. The van der Waals surface area contributed by atoms with Crippen LogP contribution in [0.2, 0.25) is 0 Å². The molecule has 0 spiro atoms. The quantitative estimate of drug-likeness (QED) is 0.351. The number of ether oxygens (including phenoxy) is 3. The van der Waals surface area contributed by atoms with E-state index >= 15 is 0 Å². The smallest absolute Gasteiger partial charge is 0.338 e. The van der Waals surface area contributed by atoms with E-state index in [1.165, 1.54) is 29.9 Å². The van der Waals surface area contributed by atoms with Gasteiger partial charge in [-0.3, -0.25) is 14.2 Å². The van der Waals surface area contributed by atoms with E-state index in [2.05, 4.69) is 4.99 Å². The molecular formula is C28H26N2O6S. The number of carbonyl (C=O) groups is 2. The summed E-state index contributed by atoms with van der Waals surface area (Å²) in [4.78, 5) is 43.2. The van der Waals surface area contributed by atoms with Crippen molar-refractivity contribution in [2.75, 3.05) is 13.7 Å². The third-order valence-electron chi connectivity index (χ3n) is 5.61. The van der Waals surface area contributed by atoms with Gasteiger partial charge in [-0.15, -0.1) is 0 Å². The van der Waals surface area contributed by atoms with Crippen molar-refractivity contribution < 1.29 is 23.8 Å². The Balaban J connectivity index is 1.88. The van der Waals surface area contributed by atoms with Crippen LogP contribution in [0.15, 0.2) is 75.7 Å². The first-order chi connectivity index (χ1) is 17.8. The van der Waals surface area contributed by atoms with Crippen molar-refractivity contribution in [3.8, 4) is 11.5 Å². The Morgan fingerprint density at radius 1 is 1.14 bits per heavy atom. The van der Waals surface area contributed by atoms with Crippen LogP contribution in [0.4, 0.5) is 0 Å². The van der Waals surface area contributed by atoms with Crippen LogP contribution in [0, 0.1) is 0 Å². The first kappa shape index (κ1) is 25.8. The summed E-state index contributed by atoms with van der Waals surface area (Å²) in [6.45, 7) is 4.90. The highest BCUT2D eigenvalue weighted by Crippen LogP contribution is 2.36. The maximum atomic E-state index is 13.6. The number of nitrogens with zero attached hydrogens (tertiary/aromatic N) is 2. The Hall–Kier alpha value is -4.24. The Morgan fingerprint density at radius 2 is 1.89 bits per heavy atom. The van der Waals surface area contributed by atoms with Gasteiger partial charge in [0.25, 0.3) is 5.56 Å². The molecule has 8 nitrogen and oxygen atoms in total. The Morgan fingerprint density at radius 3 is 2.57 bits per heavy atom. The molecular weight excluding hydrogens is 492 g/mol. The Bertz CT molecular complexity index is 1580. The molecule has 0 bridgehead atoms. The van der Waals surface area contributed by atoms with E-state index in [9.17, 15) is 14.4 Å². The van der Waals surface area contributed by atoms with Crippen molar-refractivity contribution in [1.29, 1.82) is 0 Å². The first-order valence-electron chi connectivity index (χ1n) is 11.6. The van der Waals surface area contributed by atoms with E-state index < -0.39 is 18.0 Å². The van der Waals surface area contributed by atoms with Crippen LogP contribution in [-0.4, -0.2) is 30.2 Å². The normalized spacial score (nSPS) is 15.4. The fourth-order valence-electron chi connectivity index (χ4n) is 4.03. The Labute approximate surface area is 217 Å². The lowest BCUT2D eigenvalue weighted by Gasteiger charge is -2.25. The zero-order valence-corrected chi connectivity index (χ0v) is 21.7. The Kier molecular flexibility index (Phi) is 7.83. The molecule has 0 fully saturated rings. The molecule has 0 amide bonds. The van der Waals surface area contributed by atoms with E-state index in [1.54, 1.807) is 38.1 Å². The second-order valence-corrected chi connectivity index (χ2v) is 9.11. The molecule has 9 heteroatoms. The van der Waals surface area contributed by atoms with Crippen molar-refractivity contribution in [2.24, 2.45) is 4.99 Å². The van der Waals surface area contributed by atoms with E-state index in [-0.39, 0.29) is 23.5 Å². The van der Waals surface area contributed by atoms with Gasteiger partial charge in [0.15, 0.2) is 16.3 Å². The molecule has 1 aliphatic heterocycles. The summed E-state index contributed by atoms with van der Waals surface area (Å²) in [5.41, 5.74) is 2.01. The molecule has 3 aromatic rings. The van der Waals surface area contributed by atoms with Crippen LogP contribution in [0.1, 0.15) is 37.9 Å². The van der Waals surface area contributed by atoms with Gasteiger partial charge in [-0.05, 0) is 43.2 Å². The molecule has 0 saturated heterocycles. The van der Waals surface area contributed by atoms with Gasteiger partial charge in [0, 0.05) is 6.92 Å². The van der Waals surface area contributed by atoms with Crippen molar-refractivity contribution in [3.05, 3.63) is 96.7 Å². The topological polar surface area (TPSA) is 96.2 Å². The summed E-state index contributed by atoms with van der Waals surface area (Å²) < 4.78 is 17.9. The zero-order chi connectivity index (χ0) is 26.5. The van der Waals surface area contributed by atoms with Gasteiger partial charge < -0.3 is 14.2 Å². The van der Waals surface area contributed by atoms with Gasteiger partial charge >= 0.3 is 11.9 Å². The summed E-state index contributed by atoms with van der Waals surface area (Å²) in [5, 5.41) is 0. The predicted molar refractivity (Wildman–Crippen MR) is 141 cm³/mol. The number of esters is 2. The van der Waals surface area contributed by atoms with Gasteiger partial charge in [-0.1, -0.05) is 59.9 Å². The number of methoxy groups -OCH3 is 1. The van der Waals surface area contributed by atoms with Gasteiger partial charge in [0.1, 0.15) is 0 Å². The molecule has 1 atom stereocenters. The summed E-state index contributed by atoms with van der Waals surface area (Å²) in [7, 11) is 1.45. The predicted octanol–water partition coefficient (Wildman–Crippen LogP) is 3.40. The number of allylic oxidation sites excluding steroid dienone is 2. The van der Waals surface area contributed by atoms with Crippen LogP contribution >= 0.6 is 11.3 Å². The average molecular weight is 519 g/mol. The molecule has 37 heavy (non-hydrogen) atoms. The largest absolute Gasteiger partial charge is 0.493 e. The molecule has 0 saturated carbocycles. The van der Waals surface area contributed by atoms with Crippen LogP contribution in [-0.2, 0) is 14.3 Å².